The molecule has 28 heavy (non-hydrogen) atoms. The predicted molar refractivity (Wildman–Crippen MR) is 101 cm³/mol. The highest BCUT2D eigenvalue weighted by molar-refractivity contribution is 5.74. The first-order valence-electron chi connectivity index (χ1n) is 9.14. The number of carbonyl (C=O) groups excluding carboxylic acids is 1. The second-order valence-corrected chi connectivity index (χ2v) is 8.79. The van der Waals surface area contributed by atoms with Gasteiger partial charge < -0.3 is 9.64 Å². The van der Waals surface area contributed by atoms with Crippen LogP contribution in [-0.4, -0.2) is 23.1 Å². The van der Waals surface area contributed by atoms with Gasteiger partial charge in [0.2, 0.25) is 0 Å². The lowest BCUT2D eigenvalue weighted by Gasteiger charge is -2.41. The van der Waals surface area contributed by atoms with Gasteiger partial charge in [0.1, 0.15) is 23.1 Å². The molecular weight excluding hydrogens is 367 g/mol. The highest BCUT2D eigenvalue weighted by Gasteiger charge is 2.39. The molecule has 0 aliphatic carbocycles. The molecule has 0 bridgehead atoms. The third-order valence-electron chi connectivity index (χ3n) is 4.75. The molecule has 0 saturated heterocycles. The Morgan fingerprint density at radius 3 is 2.29 bits per heavy atom. The Morgan fingerprint density at radius 2 is 1.68 bits per heavy atom. The van der Waals surface area contributed by atoms with Gasteiger partial charge in [0, 0.05) is 29.2 Å². The minimum Gasteiger partial charge on any atom is -0.444 e. The smallest absolute Gasteiger partial charge is 0.410 e. The number of hydrogen-bond donors (Lipinski definition) is 0. The van der Waals surface area contributed by atoms with Crippen molar-refractivity contribution in [2.75, 3.05) is 6.54 Å². The maximum absolute atomic E-state index is 14.7. The molecule has 0 spiro atoms. The van der Waals surface area contributed by atoms with Gasteiger partial charge in [-0.3, -0.25) is 0 Å². The van der Waals surface area contributed by atoms with E-state index in [2.05, 4.69) is 0 Å². The normalized spacial score (nSPS) is 15.9. The van der Waals surface area contributed by atoms with Gasteiger partial charge in [-0.05, 0) is 50.1 Å². The van der Waals surface area contributed by atoms with E-state index in [0.29, 0.717) is 16.7 Å². The third kappa shape index (κ3) is 3.86. The molecule has 0 fully saturated rings. The van der Waals surface area contributed by atoms with Gasteiger partial charge in [0.05, 0.1) is 6.54 Å². The number of benzene rings is 2. The first kappa shape index (κ1) is 20.2. The molecule has 150 valence electrons. The number of carbonyl (C=O) groups is 1. The van der Waals surface area contributed by atoms with Crippen LogP contribution in [0.5, 0.6) is 0 Å². The summed E-state index contributed by atoms with van der Waals surface area (Å²) in [5, 5.41) is 0. The summed E-state index contributed by atoms with van der Waals surface area (Å²) in [6, 6.07) is 6.05. The zero-order chi connectivity index (χ0) is 20.9. The summed E-state index contributed by atoms with van der Waals surface area (Å²) < 4.78 is 48.0. The summed E-state index contributed by atoms with van der Waals surface area (Å²) in [6.07, 6.45) is -0.513. The molecule has 3 nitrogen and oxygen atoms in total. The molecule has 1 aliphatic rings. The van der Waals surface area contributed by atoms with Crippen LogP contribution in [0.3, 0.4) is 0 Å². The summed E-state index contributed by atoms with van der Waals surface area (Å²) in [5.41, 5.74) is 0.173. The van der Waals surface area contributed by atoms with Crippen LogP contribution in [0, 0.1) is 17.5 Å². The Labute approximate surface area is 163 Å². The molecule has 0 aromatic heterocycles. The fraction of sp³-hybridized carbons (Fsp3) is 0.409. The number of hydrogen-bond acceptors (Lipinski definition) is 2. The number of rotatable bonds is 1. The summed E-state index contributed by atoms with van der Waals surface area (Å²) in [5.74, 6) is -1.83. The molecule has 1 heterocycles. The van der Waals surface area contributed by atoms with Crippen LogP contribution in [0.1, 0.15) is 45.7 Å². The quantitative estimate of drug-likeness (QED) is 0.615. The lowest BCUT2D eigenvalue weighted by molar-refractivity contribution is 0.0172. The Morgan fingerprint density at radius 1 is 1.04 bits per heavy atom. The zero-order valence-corrected chi connectivity index (χ0v) is 16.7. The van der Waals surface area contributed by atoms with Crippen molar-refractivity contribution in [1.82, 2.24) is 4.90 Å². The molecule has 3 rings (SSSR count). The molecule has 2 aromatic rings. The average Bonchev–Trinajstić information content (AvgIpc) is 2.53. The summed E-state index contributed by atoms with van der Waals surface area (Å²) in [7, 11) is 0. The molecule has 1 aliphatic heterocycles. The Bertz CT molecular complexity index is 932. The number of ether oxygens (including phenoxy) is 1. The maximum Gasteiger partial charge on any atom is 0.410 e. The molecule has 0 radical (unpaired) electrons. The summed E-state index contributed by atoms with van der Waals surface area (Å²) in [4.78, 5) is 14.1. The van der Waals surface area contributed by atoms with Gasteiger partial charge in [-0.1, -0.05) is 19.9 Å². The molecule has 0 unspecified atom stereocenters. The van der Waals surface area contributed by atoms with Gasteiger partial charge in [0.15, 0.2) is 0 Å². The lowest BCUT2D eigenvalue weighted by atomic mass is 9.76. The number of halogens is 3. The van der Waals surface area contributed by atoms with Crippen LogP contribution in [0.25, 0.3) is 11.1 Å². The van der Waals surface area contributed by atoms with Crippen molar-refractivity contribution in [3.63, 3.8) is 0 Å². The second kappa shape index (κ2) is 6.83. The van der Waals surface area contributed by atoms with Crippen molar-refractivity contribution in [2.24, 2.45) is 0 Å². The molecule has 2 aromatic carbocycles. The van der Waals surface area contributed by atoms with Gasteiger partial charge >= 0.3 is 6.09 Å². The van der Waals surface area contributed by atoms with E-state index in [1.165, 1.54) is 23.1 Å². The third-order valence-corrected chi connectivity index (χ3v) is 4.75. The van der Waals surface area contributed by atoms with Crippen molar-refractivity contribution in [2.45, 2.75) is 52.2 Å². The van der Waals surface area contributed by atoms with Gasteiger partial charge in [-0.25, -0.2) is 18.0 Å². The topological polar surface area (TPSA) is 29.5 Å². The van der Waals surface area contributed by atoms with Crippen molar-refractivity contribution in [1.29, 1.82) is 0 Å². The van der Waals surface area contributed by atoms with E-state index in [4.69, 9.17) is 4.74 Å². The monoisotopic (exact) mass is 391 g/mol. The Kier molecular flexibility index (Phi) is 4.94. The van der Waals surface area contributed by atoms with Gasteiger partial charge in [0.25, 0.3) is 0 Å². The molecule has 1 amide bonds. The minimum atomic E-state index is -0.735. The van der Waals surface area contributed by atoms with E-state index in [-0.39, 0.29) is 18.7 Å². The SMILES string of the molecule is CC(C)(C)OC(=O)N1Cc2c(-c3ccc(F)cc3F)ccc(F)c2C(C)(C)C1. The van der Waals surface area contributed by atoms with Crippen molar-refractivity contribution >= 4 is 6.09 Å². The van der Waals surface area contributed by atoms with E-state index in [9.17, 15) is 18.0 Å². The number of amides is 1. The molecule has 6 heteroatoms. The lowest BCUT2D eigenvalue weighted by Crippen LogP contribution is -2.47. The second-order valence-electron chi connectivity index (χ2n) is 8.79. The average molecular weight is 391 g/mol. The predicted octanol–water partition coefficient (Wildman–Crippen LogP) is 5.80. The molecule has 0 atom stereocenters. The largest absolute Gasteiger partial charge is 0.444 e. The summed E-state index contributed by atoms with van der Waals surface area (Å²) >= 11 is 0. The molecular formula is C22H24F3NO2. The first-order chi connectivity index (χ1) is 12.9. The standard InChI is InChI=1S/C22H24F3NO2/c1-21(2,3)28-20(27)26-11-16-14(15-7-6-13(23)10-18(15)25)8-9-17(24)19(16)22(4,5)12-26/h6-10H,11-12H2,1-5H3. The minimum absolute atomic E-state index is 0.0809. The number of fused-ring (bicyclic) bond motifs is 1. The van der Waals surface area contributed by atoms with E-state index in [0.717, 1.165) is 12.1 Å². The van der Waals surface area contributed by atoms with Crippen LogP contribution in [0.2, 0.25) is 0 Å². The van der Waals surface area contributed by atoms with Crippen molar-refractivity contribution in [3.8, 4) is 11.1 Å². The van der Waals surface area contributed by atoms with E-state index < -0.39 is 34.6 Å². The zero-order valence-electron chi connectivity index (χ0n) is 16.7. The van der Waals surface area contributed by atoms with Crippen LogP contribution in [0.15, 0.2) is 30.3 Å². The van der Waals surface area contributed by atoms with Crippen molar-refractivity contribution in [3.05, 3.63) is 58.9 Å². The Hall–Kier alpha value is -2.50. The Balaban J connectivity index is 2.13. The van der Waals surface area contributed by atoms with E-state index >= 15 is 0 Å². The fourth-order valence-corrected chi connectivity index (χ4v) is 3.73. The van der Waals surface area contributed by atoms with Crippen LogP contribution in [0.4, 0.5) is 18.0 Å². The van der Waals surface area contributed by atoms with Crippen LogP contribution >= 0.6 is 0 Å². The van der Waals surface area contributed by atoms with E-state index in [1.807, 2.05) is 13.8 Å². The van der Waals surface area contributed by atoms with Crippen LogP contribution < -0.4 is 0 Å². The van der Waals surface area contributed by atoms with Gasteiger partial charge in [-0.15, -0.1) is 0 Å². The van der Waals surface area contributed by atoms with E-state index in [1.54, 1.807) is 20.8 Å². The summed E-state index contributed by atoms with van der Waals surface area (Å²) in [6.45, 7) is 9.32. The molecule has 0 saturated carbocycles. The number of nitrogens with zero attached hydrogens (tertiary/aromatic N) is 1. The maximum atomic E-state index is 14.7. The van der Waals surface area contributed by atoms with Crippen molar-refractivity contribution < 1.29 is 22.7 Å². The molecule has 0 N–H and O–H groups in total. The van der Waals surface area contributed by atoms with Crippen LogP contribution in [-0.2, 0) is 16.7 Å². The van der Waals surface area contributed by atoms with Gasteiger partial charge in [-0.2, -0.15) is 0 Å². The highest BCUT2D eigenvalue weighted by Crippen LogP contribution is 2.41. The fourth-order valence-electron chi connectivity index (χ4n) is 3.73. The first-order valence-corrected chi connectivity index (χ1v) is 9.14. The highest BCUT2D eigenvalue weighted by atomic mass is 19.1.